The minimum Gasteiger partial charge on any atom is -0.257 e. The molecule has 0 radical (unpaired) electrons. The smallest absolute Gasteiger partial charge is 0.212 e. The number of hydrogen-bond acceptors (Lipinski definition) is 3. The van der Waals surface area contributed by atoms with Crippen molar-refractivity contribution in [3.63, 3.8) is 0 Å². The second kappa shape index (κ2) is 18.7. The average Bonchev–Trinajstić information content (AvgIpc) is 3.96. The van der Waals surface area contributed by atoms with Gasteiger partial charge in [0.15, 0.2) is 18.6 Å². The summed E-state index contributed by atoms with van der Waals surface area (Å²) in [5.41, 5.74) is 31.0. The molecule has 0 atom stereocenters. The highest BCUT2D eigenvalue weighted by atomic mass is 14.9. The van der Waals surface area contributed by atoms with E-state index in [2.05, 4.69) is 179 Å². The first-order chi connectivity index (χ1) is 38.2. The number of aromatic nitrogens is 6. The number of fused-ring (bicyclic) bond motifs is 9. The van der Waals surface area contributed by atoms with Gasteiger partial charge in [-0.25, -0.2) is 13.7 Å². The Hall–Kier alpha value is -7.44. The Morgan fingerprint density at radius 3 is 1.16 bits per heavy atom. The first kappa shape index (κ1) is 44.8. The van der Waals surface area contributed by atoms with Gasteiger partial charge in [0.2, 0.25) is 17.1 Å². The van der Waals surface area contributed by atoms with Crippen LogP contribution in [0.15, 0.2) is 122 Å². The summed E-state index contributed by atoms with van der Waals surface area (Å²) in [4.78, 5) is 14.6. The second-order valence-electron chi connectivity index (χ2n) is 23.5. The summed E-state index contributed by atoms with van der Waals surface area (Å²) < 4.78 is 52.3. The molecule has 3 aromatic carbocycles. The molecule has 3 aliphatic rings. The van der Waals surface area contributed by atoms with Gasteiger partial charge in [-0.2, -0.15) is 0 Å². The number of pyridine rings is 6. The molecule has 384 valence electrons. The minimum absolute atomic E-state index is 0.0679. The van der Waals surface area contributed by atoms with E-state index in [-0.39, 0.29) is 16.2 Å². The number of hydrogen-bond donors (Lipinski definition) is 0. The molecule has 12 rings (SSSR count). The van der Waals surface area contributed by atoms with Gasteiger partial charge in [-0.3, -0.25) is 15.0 Å². The van der Waals surface area contributed by atoms with Gasteiger partial charge < -0.3 is 0 Å². The zero-order chi connectivity index (χ0) is 59.7. The van der Waals surface area contributed by atoms with Crippen LogP contribution in [0.2, 0.25) is 0 Å². The van der Waals surface area contributed by atoms with Crippen molar-refractivity contribution in [1.29, 1.82) is 0 Å². The lowest BCUT2D eigenvalue weighted by Gasteiger charge is -2.21. The maximum absolute atomic E-state index is 7.78. The fourth-order valence-corrected chi connectivity index (χ4v) is 12.2. The van der Waals surface area contributed by atoms with Crippen LogP contribution in [0.4, 0.5) is 0 Å². The molecule has 0 amide bonds. The molecule has 0 saturated carbocycles. The number of aryl methyl sites for hydroxylation is 13. The summed E-state index contributed by atoms with van der Waals surface area (Å²) >= 11 is 0. The van der Waals surface area contributed by atoms with Gasteiger partial charge in [0, 0.05) is 110 Å². The number of rotatable bonds is 3. The maximum atomic E-state index is 7.78. The van der Waals surface area contributed by atoms with Crippen molar-refractivity contribution in [2.75, 3.05) is 0 Å². The molecule has 3 aliphatic carbocycles. The lowest BCUT2D eigenvalue weighted by molar-refractivity contribution is -0.660. The van der Waals surface area contributed by atoms with Crippen molar-refractivity contribution in [3.05, 3.63) is 212 Å². The van der Waals surface area contributed by atoms with Crippen LogP contribution in [0.1, 0.15) is 140 Å². The van der Waals surface area contributed by atoms with E-state index < -0.39 is 13.7 Å². The fourth-order valence-electron chi connectivity index (χ4n) is 12.2. The molecule has 0 saturated heterocycles. The van der Waals surface area contributed by atoms with Gasteiger partial charge >= 0.3 is 0 Å². The Morgan fingerprint density at radius 2 is 0.750 bits per heavy atom. The lowest BCUT2D eigenvalue weighted by Crippen LogP contribution is -2.31. The first-order valence-corrected chi connectivity index (χ1v) is 26.6. The molecule has 0 aliphatic heterocycles. The van der Waals surface area contributed by atoms with E-state index >= 15 is 0 Å². The van der Waals surface area contributed by atoms with Crippen LogP contribution in [0, 0.1) is 69.1 Å². The zero-order valence-electron chi connectivity index (χ0n) is 53.7. The molecule has 6 heteroatoms. The molecule has 9 aromatic rings. The van der Waals surface area contributed by atoms with Crippen molar-refractivity contribution < 1.29 is 21.9 Å². The van der Waals surface area contributed by atoms with E-state index in [1.807, 2.05) is 56.1 Å². The molecule has 0 bridgehead atoms. The third-order valence-corrected chi connectivity index (χ3v) is 16.6. The lowest BCUT2D eigenvalue weighted by atomic mass is 9.83. The molecule has 0 N–H and O–H groups in total. The highest BCUT2D eigenvalue weighted by Crippen LogP contribution is 2.52. The van der Waals surface area contributed by atoms with E-state index in [9.17, 15) is 0 Å². The van der Waals surface area contributed by atoms with Crippen molar-refractivity contribution in [2.45, 2.75) is 127 Å². The quantitative estimate of drug-likeness (QED) is 0.166. The van der Waals surface area contributed by atoms with E-state index in [1.165, 1.54) is 89.3 Å². The zero-order valence-corrected chi connectivity index (χ0v) is 47.7. The molecular weight excluding hydrogens is 925 g/mol. The first-order valence-electron chi connectivity index (χ1n) is 29.6. The third kappa shape index (κ3) is 8.68. The van der Waals surface area contributed by atoms with Crippen LogP contribution in [-0.4, -0.2) is 15.0 Å². The van der Waals surface area contributed by atoms with Gasteiger partial charge in [0.25, 0.3) is 0 Å². The SMILES string of the molecule is Cc1cc[n+](C)c(-c2cc3c(cc2C)-c2ccc(C)nc2C3(C)C)c1.[2H]C([2H])([2H])c1c[n+](C)c(-c2cc3c(cc2C)-c2ccc(C)nc2C3(C)C)cc1C.[2H]C([2H])([2H])c1ccc(-c2cc3c(cc2C)-c2ccc(C)nc2C3(C)C)[n+](C)c1. The summed E-state index contributed by atoms with van der Waals surface area (Å²) in [6.07, 6.45) is 5.59. The Labute approximate surface area is 461 Å². The van der Waals surface area contributed by atoms with E-state index in [0.29, 0.717) is 11.1 Å². The van der Waals surface area contributed by atoms with Gasteiger partial charge in [-0.1, -0.05) is 77.9 Å². The van der Waals surface area contributed by atoms with E-state index in [1.54, 1.807) is 18.5 Å². The second-order valence-corrected chi connectivity index (χ2v) is 23.5. The van der Waals surface area contributed by atoms with Crippen molar-refractivity contribution in [2.24, 2.45) is 21.1 Å². The summed E-state index contributed by atoms with van der Waals surface area (Å²) in [6.45, 7) is 25.9. The van der Waals surface area contributed by atoms with E-state index in [4.69, 9.17) is 23.2 Å². The molecule has 0 unspecified atom stereocenters. The normalized spacial score (nSPS) is 15.8. The maximum Gasteiger partial charge on any atom is 0.212 e. The summed E-state index contributed by atoms with van der Waals surface area (Å²) in [6, 6.07) is 36.6. The van der Waals surface area contributed by atoms with Gasteiger partial charge in [-0.05, 0) is 173 Å². The topological polar surface area (TPSA) is 50.3 Å². The van der Waals surface area contributed by atoms with Crippen LogP contribution >= 0.6 is 0 Å². The predicted molar refractivity (Wildman–Crippen MR) is 313 cm³/mol. The number of nitrogens with zero attached hydrogens (tertiary/aromatic N) is 6. The van der Waals surface area contributed by atoms with Crippen LogP contribution in [0.5, 0.6) is 0 Å². The van der Waals surface area contributed by atoms with Crippen molar-refractivity contribution in [3.8, 4) is 67.2 Å². The van der Waals surface area contributed by atoms with Gasteiger partial charge in [0.1, 0.15) is 21.1 Å². The molecule has 6 nitrogen and oxygen atoms in total. The highest BCUT2D eigenvalue weighted by molar-refractivity contribution is 5.86. The molecule has 6 aromatic heterocycles. The summed E-state index contributed by atoms with van der Waals surface area (Å²) in [5.74, 6) is 0. The Bertz CT molecular complexity index is 4120. The molecule has 0 spiro atoms. The fraction of sp³-hybridized carbons (Fsp3) is 0.314. The van der Waals surface area contributed by atoms with Crippen molar-refractivity contribution in [1.82, 2.24) is 15.0 Å². The summed E-state index contributed by atoms with van der Waals surface area (Å²) in [7, 11) is 5.94. The molecule has 0 fully saturated rings. The Morgan fingerprint density at radius 1 is 0.342 bits per heavy atom. The van der Waals surface area contributed by atoms with Crippen LogP contribution in [0.25, 0.3) is 67.2 Å². The average molecular weight is 1010 g/mol. The Kier molecular flexibility index (Phi) is 11.0. The Balaban J connectivity index is 0.000000138. The highest BCUT2D eigenvalue weighted by Gasteiger charge is 2.41. The van der Waals surface area contributed by atoms with Crippen LogP contribution < -0.4 is 13.7 Å². The number of benzene rings is 3. The van der Waals surface area contributed by atoms with Crippen molar-refractivity contribution >= 4 is 0 Å². The predicted octanol–water partition coefficient (Wildman–Crippen LogP) is 14.7. The summed E-state index contributed by atoms with van der Waals surface area (Å²) in [5, 5.41) is 0. The van der Waals surface area contributed by atoms with Gasteiger partial charge in [-0.15, -0.1) is 0 Å². The van der Waals surface area contributed by atoms with Crippen LogP contribution in [-0.2, 0) is 37.4 Å². The molecule has 6 heterocycles. The minimum atomic E-state index is -2.11. The van der Waals surface area contributed by atoms with E-state index in [0.717, 1.165) is 56.5 Å². The molecule has 76 heavy (non-hydrogen) atoms. The standard InChI is InChI=1S/C24H27N2.2C23H25N2/c1-14-11-22(26(7)13-16(14)3)19-12-21-20(10-15(19)2)18-9-8-17(4)25-23(18)24(21,5)6;1-14-7-10-21(25(6)13-14)18-12-20-19(11-15(18)2)17-9-8-16(3)24-22(17)23(20,4)5;1-14-9-10-25(6)21(11-14)18-13-20-19(12-15(18)2)17-8-7-16(3)24-22(17)23(20,4)5/h8-13H,1-7H3;2*7-13H,1-6H3/q3*+1/i3D3;1D3;. The monoisotopic (exact) mass is 1010 g/mol. The molecular formula is C70H77N6+3. The largest absolute Gasteiger partial charge is 0.257 e. The third-order valence-electron chi connectivity index (χ3n) is 16.6. The van der Waals surface area contributed by atoms with Crippen LogP contribution in [0.3, 0.4) is 0 Å². The van der Waals surface area contributed by atoms with Gasteiger partial charge in [0.05, 0.1) is 17.1 Å².